The van der Waals surface area contributed by atoms with Gasteiger partial charge in [-0.3, -0.25) is 0 Å². The largest absolute Gasteiger partial charge is 0.514 e. The van der Waals surface area contributed by atoms with E-state index in [1.54, 1.807) is 4.90 Å². The van der Waals surface area contributed by atoms with Gasteiger partial charge in [0.25, 0.3) is 0 Å². The summed E-state index contributed by atoms with van der Waals surface area (Å²) >= 11 is 0. The Bertz CT molecular complexity index is 762. The van der Waals surface area contributed by atoms with Crippen LogP contribution in [0.3, 0.4) is 0 Å². The molecule has 3 heterocycles. The van der Waals surface area contributed by atoms with Crippen molar-refractivity contribution in [1.82, 2.24) is 9.88 Å². The zero-order valence-electron chi connectivity index (χ0n) is 18.5. The first-order chi connectivity index (χ1) is 13.3. The van der Waals surface area contributed by atoms with Gasteiger partial charge >= 0.3 is 13.2 Å². The van der Waals surface area contributed by atoms with E-state index in [1.165, 1.54) is 6.07 Å². The summed E-state index contributed by atoms with van der Waals surface area (Å²) in [6, 6.07) is 3.28. The third kappa shape index (κ3) is 4.91. The average Bonchev–Trinajstić information content (AvgIpc) is 2.81. The molecule has 0 N–H and O–H groups in total. The average molecular weight is 406 g/mol. The zero-order valence-corrected chi connectivity index (χ0v) is 18.5. The van der Waals surface area contributed by atoms with Gasteiger partial charge in [-0.2, -0.15) is 4.39 Å². The molecule has 0 spiro atoms. The van der Waals surface area contributed by atoms with Crippen LogP contribution in [0.2, 0.25) is 0 Å². The fraction of sp³-hybridized carbons (Fsp3) is 0.714. The minimum atomic E-state index is -0.722. The van der Waals surface area contributed by atoms with E-state index in [-0.39, 0.29) is 12.0 Å². The first-order valence-corrected chi connectivity index (χ1v) is 10.3. The molecule has 2 saturated heterocycles. The minimum Gasteiger partial charge on any atom is -0.444 e. The third-order valence-corrected chi connectivity index (χ3v) is 5.88. The van der Waals surface area contributed by atoms with Crippen molar-refractivity contribution >= 4 is 18.8 Å². The van der Waals surface area contributed by atoms with Crippen LogP contribution in [0.15, 0.2) is 12.1 Å². The Morgan fingerprint density at radius 3 is 2.45 bits per heavy atom. The highest BCUT2D eigenvalue weighted by Crippen LogP contribution is 2.36. The summed E-state index contributed by atoms with van der Waals surface area (Å²) < 4.78 is 31.9. The Morgan fingerprint density at radius 1 is 1.24 bits per heavy atom. The zero-order chi connectivity index (χ0) is 21.6. The molecule has 1 amide bonds. The van der Waals surface area contributed by atoms with Crippen LogP contribution in [0.1, 0.15) is 72.8 Å². The summed E-state index contributed by atoms with van der Waals surface area (Å²) in [6.45, 7) is 14.5. The number of carbonyl (C=O) groups excluding carboxylic acids is 1. The highest BCUT2D eigenvalue weighted by Gasteiger charge is 2.52. The van der Waals surface area contributed by atoms with Crippen LogP contribution in [-0.4, -0.2) is 53.0 Å². The van der Waals surface area contributed by atoms with Crippen molar-refractivity contribution in [1.29, 1.82) is 0 Å². The van der Waals surface area contributed by atoms with E-state index in [2.05, 4.69) is 4.98 Å². The van der Waals surface area contributed by atoms with Crippen LogP contribution in [0.4, 0.5) is 9.18 Å². The van der Waals surface area contributed by atoms with Gasteiger partial charge in [-0.15, -0.1) is 0 Å². The highest BCUT2D eigenvalue weighted by atomic mass is 19.1. The number of halogens is 1. The Hall–Kier alpha value is -1.67. The predicted molar refractivity (Wildman–Crippen MR) is 110 cm³/mol. The normalized spacial score (nSPS) is 23.9. The fourth-order valence-electron chi connectivity index (χ4n) is 3.60. The van der Waals surface area contributed by atoms with E-state index in [0.717, 1.165) is 18.4 Å². The monoisotopic (exact) mass is 406 g/mol. The van der Waals surface area contributed by atoms with Gasteiger partial charge in [0.15, 0.2) is 0 Å². The molecule has 6 nitrogen and oxygen atoms in total. The molecule has 2 aliphatic heterocycles. The number of amides is 1. The van der Waals surface area contributed by atoms with Crippen LogP contribution >= 0.6 is 0 Å². The SMILES string of the molecule is CC(C)(C)OC(=O)N1CCCC(c2cc(F)nc(B3OC(C)(C)C(C)(C)O3)c2)C1. The third-order valence-electron chi connectivity index (χ3n) is 5.88. The Morgan fingerprint density at radius 2 is 1.86 bits per heavy atom. The van der Waals surface area contributed by atoms with Gasteiger partial charge in [0.05, 0.1) is 16.8 Å². The number of rotatable bonds is 2. The Labute approximate surface area is 173 Å². The molecule has 1 atom stereocenters. The number of likely N-dealkylation sites (tertiary alicyclic amines) is 1. The van der Waals surface area contributed by atoms with E-state index < -0.39 is 29.9 Å². The maximum absolute atomic E-state index is 14.4. The molecular weight excluding hydrogens is 374 g/mol. The molecule has 0 aliphatic carbocycles. The number of piperidine rings is 1. The summed E-state index contributed by atoms with van der Waals surface area (Å²) in [7, 11) is -0.722. The van der Waals surface area contributed by atoms with Crippen LogP contribution in [0, 0.1) is 5.95 Å². The molecule has 8 heteroatoms. The molecule has 2 aliphatic rings. The number of ether oxygens (including phenoxy) is 1. The van der Waals surface area contributed by atoms with E-state index in [4.69, 9.17) is 14.0 Å². The molecule has 1 aromatic rings. The Kier molecular flexibility index (Phi) is 5.73. The Balaban J connectivity index is 1.79. The van der Waals surface area contributed by atoms with Crippen molar-refractivity contribution < 1.29 is 23.2 Å². The predicted octanol–water partition coefficient (Wildman–Crippen LogP) is 3.63. The van der Waals surface area contributed by atoms with Crippen molar-refractivity contribution in [2.75, 3.05) is 13.1 Å². The topological polar surface area (TPSA) is 60.9 Å². The lowest BCUT2D eigenvalue weighted by molar-refractivity contribution is 0.00578. The molecule has 160 valence electrons. The van der Waals surface area contributed by atoms with E-state index >= 15 is 0 Å². The quantitative estimate of drug-likeness (QED) is 0.555. The first-order valence-electron chi connectivity index (χ1n) is 10.3. The number of hydrogen-bond donors (Lipinski definition) is 0. The summed E-state index contributed by atoms with van der Waals surface area (Å²) in [5, 5.41) is 0. The number of hydrogen-bond acceptors (Lipinski definition) is 5. The molecule has 1 unspecified atom stereocenters. The summed E-state index contributed by atoms with van der Waals surface area (Å²) in [6.07, 6.45) is 1.37. The van der Waals surface area contributed by atoms with E-state index in [0.29, 0.717) is 18.7 Å². The highest BCUT2D eigenvalue weighted by molar-refractivity contribution is 6.61. The second-order valence-corrected chi connectivity index (χ2v) is 10.0. The molecule has 0 radical (unpaired) electrons. The standard InChI is InChI=1S/C21H32BFN2O4/c1-19(2,3)27-18(26)25-10-8-9-14(13-25)15-11-16(24-17(23)12-15)22-28-20(4,5)21(6,7)29-22/h11-12,14H,8-10,13H2,1-7H3. The summed E-state index contributed by atoms with van der Waals surface area (Å²) in [5.74, 6) is -0.559. The maximum Gasteiger partial charge on any atom is 0.514 e. The first kappa shape index (κ1) is 22.0. The van der Waals surface area contributed by atoms with Crippen molar-refractivity contribution in [3.05, 3.63) is 23.6 Å². The molecule has 0 saturated carbocycles. The second kappa shape index (κ2) is 7.54. The number of pyridine rings is 1. The van der Waals surface area contributed by atoms with Crippen LogP contribution in [-0.2, 0) is 14.0 Å². The lowest BCUT2D eigenvalue weighted by atomic mass is 9.81. The van der Waals surface area contributed by atoms with Gasteiger partial charge in [0, 0.05) is 19.0 Å². The lowest BCUT2D eigenvalue weighted by Gasteiger charge is -2.34. The van der Waals surface area contributed by atoms with Crippen molar-refractivity contribution in [2.45, 2.75) is 84.0 Å². The van der Waals surface area contributed by atoms with Crippen molar-refractivity contribution in [2.24, 2.45) is 0 Å². The van der Waals surface area contributed by atoms with Crippen LogP contribution in [0.5, 0.6) is 0 Å². The molecule has 2 fully saturated rings. The fourth-order valence-corrected chi connectivity index (χ4v) is 3.60. The number of aromatic nitrogens is 1. The minimum absolute atomic E-state index is 0.00921. The smallest absolute Gasteiger partial charge is 0.444 e. The van der Waals surface area contributed by atoms with Gasteiger partial charge in [-0.05, 0) is 79.0 Å². The van der Waals surface area contributed by atoms with Gasteiger partial charge in [-0.1, -0.05) is 0 Å². The second-order valence-electron chi connectivity index (χ2n) is 10.0. The summed E-state index contributed by atoms with van der Waals surface area (Å²) in [4.78, 5) is 18.2. The van der Waals surface area contributed by atoms with Gasteiger partial charge in [-0.25, -0.2) is 9.78 Å². The van der Waals surface area contributed by atoms with Crippen LogP contribution < -0.4 is 5.59 Å². The van der Waals surface area contributed by atoms with Crippen molar-refractivity contribution in [3.8, 4) is 0 Å². The van der Waals surface area contributed by atoms with Gasteiger partial charge < -0.3 is 18.9 Å². The van der Waals surface area contributed by atoms with Gasteiger partial charge in [0.2, 0.25) is 5.95 Å². The molecule has 3 rings (SSSR count). The molecule has 0 aromatic carbocycles. The molecule has 1 aromatic heterocycles. The number of carbonyl (C=O) groups is 1. The van der Waals surface area contributed by atoms with E-state index in [9.17, 15) is 9.18 Å². The molecule has 0 bridgehead atoms. The maximum atomic E-state index is 14.4. The summed E-state index contributed by atoms with van der Waals surface area (Å²) in [5.41, 5.74) is -0.367. The van der Waals surface area contributed by atoms with Crippen molar-refractivity contribution in [3.63, 3.8) is 0 Å². The van der Waals surface area contributed by atoms with E-state index in [1.807, 2.05) is 54.5 Å². The number of nitrogens with zero attached hydrogens (tertiary/aromatic N) is 2. The van der Waals surface area contributed by atoms with Gasteiger partial charge in [0.1, 0.15) is 5.60 Å². The molecular formula is C21H32BFN2O4. The lowest BCUT2D eigenvalue weighted by Crippen LogP contribution is -2.43. The van der Waals surface area contributed by atoms with Crippen LogP contribution in [0.25, 0.3) is 0 Å². The molecule has 29 heavy (non-hydrogen) atoms.